The summed E-state index contributed by atoms with van der Waals surface area (Å²) in [5.74, 6) is 0.682. The molecule has 4 nitrogen and oxygen atoms in total. The summed E-state index contributed by atoms with van der Waals surface area (Å²) in [5.41, 5.74) is 2.43. The Balaban J connectivity index is 2.19. The van der Waals surface area contributed by atoms with Crippen molar-refractivity contribution in [2.45, 2.75) is 26.7 Å². The summed E-state index contributed by atoms with van der Waals surface area (Å²) in [6.45, 7) is 7.10. The second kappa shape index (κ2) is 7.45. The highest BCUT2D eigenvalue weighted by Gasteiger charge is 2.06. The molecule has 1 rings (SSSR count). The van der Waals surface area contributed by atoms with E-state index in [0.29, 0.717) is 5.92 Å². The van der Waals surface area contributed by atoms with Crippen molar-refractivity contribution in [3.8, 4) is 0 Å². The second-order valence-electron chi connectivity index (χ2n) is 4.74. The van der Waals surface area contributed by atoms with E-state index in [-0.39, 0.29) is 0 Å². The van der Waals surface area contributed by atoms with Gasteiger partial charge >= 0.3 is 0 Å². The number of hydrogen-bond donors (Lipinski definition) is 1. The molecule has 1 unspecified atom stereocenters. The lowest BCUT2D eigenvalue weighted by Crippen LogP contribution is -2.25. The molecule has 0 aromatic carbocycles. The standard InChI is InChI=1S/C13H25N3O/c1-11(10-14-7-8-17-4)5-6-13-9-12(2)15-16(13)3/h9,11,14H,5-8,10H2,1-4H3. The monoisotopic (exact) mass is 239 g/mol. The fourth-order valence-electron chi connectivity index (χ4n) is 1.92. The van der Waals surface area contributed by atoms with Gasteiger partial charge in [-0.2, -0.15) is 5.10 Å². The normalized spacial score (nSPS) is 12.9. The molecule has 0 bridgehead atoms. The Morgan fingerprint density at radius 1 is 1.53 bits per heavy atom. The summed E-state index contributed by atoms with van der Waals surface area (Å²) in [6, 6.07) is 2.17. The molecule has 0 spiro atoms. The van der Waals surface area contributed by atoms with Crippen LogP contribution in [0.3, 0.4) is 0 Å². The molecule has 17 heavy (non-hydrogen) atoms. The number of nitrogens with zero attached hydrogens (tertiary/aromatic N) is 2. The molecule has 1 N–H and O–H groups in total. The average molecular weight is 239 g/mol. The highest BCUT2D eigenvalue weighted by Crippen LogP contribution is 2.09. The molecule has 0 radical (unpaired) electrons. The Morgan fingerprint density at radius 2 is 2.29 bits per heavy atom. The molecule has 0 saturated heterocycles. The first kappa shape index (κ1) is 14.2. The molecule has 0 fully saturated rings. The van der Waals surface area contributed by atoms with E-state index < -0.39 is 0 Å². The van der Waals surface area contributed by atoms with Gasteiger partial charge in [-0.3, -0.25) is 4.68 Å². The highest BCUT2D eigenvalue weighted by molar-refractivity contribution is 5.08. The third-order valence-electron chi connectivity index (χ3n) is 2.97. The molecule has 1 aromatic rings. The lowest BCUT2D eigenvalue weighted by Gasteiger charge is -2.12. The van der Waals surface area contributed by atoms with Crippen LogP contribution in [-0.4, -0.2) is 36.6 Å². The first-order valence-electron chi connectivity index (χ1n) is 6.32. The summed E-state index contributed by atoms with van der Waals surface area (Å²) >= 11 is 0. The van der Waals surface area contributed by atoms with Crippen molar-refractivity contribution >= 4 is 0 Å². The van der Waals surface area contributed by atoms with Crippen molar-refractivity contribution in [1.29, 1.82) is 0 Å². The maximum absolute atomic E-state index is 5.00. The maximum atomic E-state index is 5.00. The molecule has 1 heterocycles. The molecule has 0 aliphatic heterocycles. The topological polar surface area (TPSA) is 39.1 Å². The largest absolute Gasteiger partial charge is 0.383 e. The van der Waals surface area contributed by atoms with Crippen molar-refractivity contribution in [2.24, 2.45) is 13.0 Å². The predicted molar refractivity (Wildman–Crippen MR) is 70.2 cm³/mol. The lowest BCUT2D eigenvalue weighted by molar-refractivity contribution is 0.198. The van der Waals surface area contributed by atoms with Gasteiger partial charge in [0.1, 0.15) is 0 Å². The summed E-state index contributed by atoms with van der Waals surface area (Å²) < 4.78 is 6.98. The minimum absolute atomic E-state index is 0.682. The van der Waals surface area contributed by atoms with Crippen LogP contribution in [0.1, 0.15) is 24.7 Å². The van der Waals surface area contributed by atoms with E-state index >= 15 is 0 Å². The molecule has 0 aliphatic rings. The van der Waals surface area contributed by atoms with Crippen molar-refractivity contribution < 1.29 is 4.74 Å². The lowest BCUT2D eigenvalue weighted by atomic mass is 10.0. The van der Waals surface area contributed by atoms with Crippen molar-refractivity contribution in [3.05, 3.63) is 17.5 Å². The van der Waals surface area contributed by atoms with Gasteiger partial charge in [0.25, 0.3) is 0 Å². The molecule has 98 valence electrons. The summed E-state index contributed by atoms with van der Waals surface area (Å²) in [4.78, 5) is 0. The minimum atomic E-state index is 0.682. The molecule has 0 amide bonds. The highest BCUT2D eigenvalue weighted by atomic mass is 16.5. The number of ether oxygens (including phenoxy) is 1. The van der Waals surface area contributed by atoms with Crippen molar-refractivity contribution in [1.82, 2.24) is 15.1 Å². The predicted octanol–water partition coefficient (Wildman–Crippen LogP) is 1.53. The van der Waals surface area contributed by atoms with Crippen LogP contribution < -0.4 is 5.32 Å². The van der Waals surface area contributed by atoms with E-state index in [9.17, 15) is 0 Å². The SMILES string of the molecule is COCCNCC(C)CCc1cc(C)nn1C. The van der Waals surface area contributed by atoms with Crippen LogP contribution in [0.25, 0.3) is 0 Å². The smallest absolute Gasteiger partial charge is 0.0596 e. The third kappa shape index (κ3) is 5.33. The van der Waals surface area contributed by atoms with Crippen LogP contribution in [0.2, 0.25) is 0 Å². The van der Waals surface area contributed by atoms with Crippen LogP contribution in [0.15, 0.2) is 6.07 Å². The summed E-state index contributed by atoms with van der Waals surface area (Å²) in [7, 11) is 3.75. The molecular formula is C13H25N3O. The number of aromatic nitrogens is 2. The average Bonchev–Trinajstić information content (AvgIpc) is 2.61. The van der Waals surface area contributed by atoms with E-state index in [4.69, 9.17) is 4.74 Å². The van der Waals surface area contributed by atoms with Gasteiger partial charge in [0.2, 0.25) is 0 Å². The van der Waals surface area contributed by atoms with E-state index in [1.54, 1.807) is 7.11 Å². The Labute approximate surface area is 104 Å². The first-order valence-corrected chi connectivity index (χ1v) is 6.32. The van der Waals surface area contributed by atoms with Gasteiger partial charge in [0, 0.05) is 26.4 Å². The zero-order valence-corrected chi connectivity index (χ0v) is 11.5. The zero-order chi connectivity index (χ0) is 12.7. The van der Waals surface area contributed by atoms with Crippen LogP contribution in [0, 0.1) is 12.8 Å². The Hall–Kier alpha value is -0.870. The van der Waals surface area contributed by atoms with Gasteiger partial charge in [-0.25, -0.2) is 0 Å². The number of methoxy groups -OCH3 is 1. The van der Waals surface area contributed by atoms with E-state index in [1.165, 1.54) is 12.1 Å². The van der Waals surface area contributed by atoms with Crippen molar-refractivity contribution in [3.63, 3.8) is 0 Å². The fraction of sp³-hybridized carbons (Fsp3) is 0.769. The van der Waals surface area contributed by atoms with Gasteiger partial charge in [-0.1, -0.05) is 6.92 Å². The van der Waals surface area contributed by atoms with Gasteiger partial charge in [-0.15, -0.1) is 0 Å². The Morgan fingerprint density at radius 3 is 2.88 bits per heavy atom. The van der Waals surface area contributed by atoms with E-state index in [2.05, 4.69) is 23.4 Å². The number of nitrogens with one attached hydrogen (secondary N) is 1. The van der Waals surface area contributed by atoms with Gasteiger partial charge in [-0.05, 0) is 38.3 Å². The van der Waals surface area contributed by atoms with E-state index in [0.717, 1.165) is 31.8 Å². The Kier molecular flexibility index (Phi) is 6.22. The first-order chi connectivity index (χ1) is 8.13. The van der Waals surface area contributed by atoms with Gasteiger partial charge < -0.3 is 10.1 Å². The molecule has 0 aliphatic carbocycles. The maximum Gasteiger partial charge on any atom is 0.0596 e. The third-order valence-corrected chi connectivity index (χ3v) is 2.97. The summed E-state index contributed by atoms with van der Waals surface area (Å²) in [5, 5.41) is 7.75. The number of rotatable bonds is 8. The van der Waals surface area contributed by atoms with Gasteiger partial charge in [0.15, 0.2) is 0 Å². The molecule has 1 atom stereocenters. The molecular weight excluding hydrogens is 214 g/mol. The molecule has 0 saturated carbocycles. The van der Waals surface area contributed by atoms with E-state index in [1.807, 2.05) is 18.7 Å². The zero-order valence-electron chi connectivity index (χ0n) is 11.5. The minimum Gasteiger partial charge on any atom is -0.383 e. The van der Waals surface area contributed by atoms with Crippen LogP contribution in [-0.2, 0) is 18.2 Å². The van der Waals surface area contributed by atoms with Gasteiger partial charge in [0.05, 0.1) is 12.3 Å². The molecule has 1 aromatic heterocycles. The number of aryl methyl sites for hydroxylation is 3. The Bertz CT molecular complexity index is 322. The van der Waals surface area contributed by atoms with Crippen LogP contribution in [0.5, 0.6) is 0 Å². The molecule has 4 heteroatoms. The second-order valence-corrected chi connectivity index (χ2v) is 4.74. The van der Waals surface area contributed by atoms with Crippen LogP contribution in [0.4, 0.5) is 0 Å². The van der Waals surface area contributed by atoms with Crippen molar-refractivity contribution in [2.75, 3.05) is 26.8 Å². The summed E-state index contributed by atoms with van der Waals surface area (Å²) in [6.07, 6.45) is 2.30. The fourth-order valence-corrected chi connectivity index (χ4v) is 1.92. The van der Waals surface area contributed by atoms with Crippen LogP contribution >= 0.6 is 0 Å². The quantitative estimate of drug-likeness (QED) is 0.699. The number of hydrogen-bond acceptors (Lipinski definition) is 3.